The lowest BCUT2D eigenvalue weighted by Gasteiger charge is -2.24. The Bertz CT molecular complexity index is 754. The molecule has 1 fully saturated rings. The summed E-state index contributed by atoms with van der Waals surface area (Å²) in [6.45, 7) is 2.49. The van der Waals surface area contributed by atoms with E-state index in [1.807, 2.05) is 13.0 Å². The van der Waals surface area contributed by atoms with Gasteiger partial charge < -0.3 is 9.47 Å². The SMILES string of the molecule is Cc1ccc(C(=O)N2CCC[C@H]2c2ccncn2)c(=O)n1C. The minimum atomic E-state index is -0.252. The van der Waals surface area contributed by atoms with Gasteiger partial charge in [-0.15, -0.1) is 0 Å². The van der Waals surface area contributed by atoms with Crippen LogP contribution < -0.4 is 5.56 Å². The Kier molecular flexibility index (Phi) is 3.75. The van der Waals surface area contributed by atoms with E-state index in [0.29, 0.717) is 6.54 Å². The monoisotopic (exact) mass is 298 g/mol. The molecule has 0 aromatic carbocycles. The maximum absolute atomic E-state index is 12.8. The van der Waals surface area contributed by atoms with Crippen molar-refractivity contribution in [2.24, 2.45) is 7.05 Å². The van der Waals surface area contributed by atoms with Crippen LogP contribution in [0, 0.1) is 6.92 Å². The molecule has 1 saturated heterocycles. The first-order valence-corrected chi connectivity index (χ1v) is 7.33. The maximum Gasteiger partial charge on any atom is 0.263 e. The number of aromatic nitrogens is 3. The number of nitrogens with zero attached hydrogens (tertiary/aromatic N) is 4. The molecule has 114 valence electrons. The Balaban J connectivity index is 1.95. The van der Waals surface area contributed by atoms with E-state index >= 15 is 0 Å². The van der Waals surface area contributed by atoms with E-state index in [0.717, 1.165) is 24.2 Å². The summed E-state index contributed by atoms with van der Waals surface area (Å²) < 4.78 is 1.50. The van der Waals surface area contributed by atoms with Crippen molar-refractivity contribution < 1.29 is 4.79 Å². The summed E-state index contributed by atoms with van der Waals surface area (Å²) in [4.78, 5) is 35.0. The summed E-state index contributed by atoms with van der Waals surface area (Å²) in [5, 5.41) is 0. The molecule has 0 N–H and O–H groups in total. The van der Waals surface area contributed by atoms with E-state index in [1.165, 1.54) is 10.9 Å². The fraction of sp³-hybridized carbons (Fsp3) is 0.375. The van der Waals surface area contributed by atoms with Gasteiger partial charge in [0.15, 0.2) is 0 Å². The molecule has 2 aromatic heterocycles. The van der Waals surface area contributed by atoms with Gasteiger partial charge in [-0.1, -0.05) is 0 Å². The topological polar surface area (TPSA) is 68.1 Å². The highest BCUT2D eigenvalue weighted by Crippen LogP contribution is 2.31. The van der Waals surface area contributed by atoms with Crippen molar-refractivity contribution >= 4 is 5.91 Å². The first kappa shape index (κ1) is 14.4. The molecular formula is C16H18N4O2. The third-order valence-electron chi connectivity index (χ3n) is 4.25. The second kappa shape index (κ2) is 5.71. The quantitative estimate of drug-likeness (QED) is 0.842. The van der Waals surface area contributed by atoms with Gasteiger partial charge in [0.1, 0.15) is 11.9 Å². The molecule has 1 aliphatic heterocycles. The van der Waals surface area contributed by atoms with Crippen LogP contribution in [-0.2, 0) is 7.05 Å². The fourth-order valence-corrected chi connectivity index (χ4v) is 2.86. The third-order valence-corrected chi connectivity index (χ3v) is 4.25. The smallest absolute Gasteiger partial charge is 0.263 e. The number of hydrogen-bond acceptors (Lipinski definition) is 4. The van der Waals surface area contributed by atoms with Crippen molar-refractivity contribution in [2.75, 3.05) is 6.54 Å². The van der Waals surface area contributed by atoms with Gasteiger partial charge in [-0.25, -0.2) is 9.97 Å². The zero-order valence-corrected chi connectivity index (χ0v) is 12.7. The molecule has 1 amide bonds. The second-order valence-corrected chi connectivity index (χ2v) is 5.54. The van der Waals surface area contributed by atoms with Gasteiger partial charge in [-0.05, 0) is 38.0 Å². The van der Waals surface area contributed by atoms with Crippen molar-refractivity contribution in [1.82, 2.24) is 19.4 Å². The number of carbonyl (C=O) groups is 1. The Hall–Kier alpha value is -2.50. The molecule has 3 rings (SSSR count). The van der Waals surface area contributed by atoms with Gasteiger partial charge in [-0.3, -0.25) is 9.59 Å². The van der Waals surface area contributed by atoms with Crippen LogP contribution in [0.2, 0.25) is 0 Å². The number of amides is 1. The minimum absolute atomic E-state index is 0.0819. The number of carbonyl (C=O) groups excluding carboxylic acids is 1. The molecule has 1 atom stereocenters. The molecule has 0 saturated carbocycles. The predicted molar refractivity (Wildman–Crippen MR) is 81.5 cm³/mol. The first-order chi connectivity index (χ1) is 10.6. The van der Waals surface area contributed by atoms with E-state index in [1.54, 1.807) is 30.3 Å². The van der Waals surface area contributed by atoms with Crippen molar-refractivity contribution in [1.29, 1.82) is 0 Å². The molecule has 0 aliphatic carbocycles. The average Bonchev–Trinajstić information content (AvgIpc) is 3.03. The lowest BCUT2D eigenvalue weighted by Crippen LogP contribution is -2.36. The highest BCUT2D eigenvalue weighted by molar-refractivity contribution is 5.94. The average molecular weight is 298 g/mol. The van der Waals surface area contributed by atoms with Gasteiger partial charge in [0.05, 0.1) is 11.7 Å². The third kappa shape index (κ3) is 2.41. The standard InChI is InChI=1S/C16H18N4O2/c1-11-5-6-12(15(21)19(11)2)16(22)20-9-3-4-14(20)13-7-8-17-10-18-13/h5-8,10,14H,3-4,9H2,1-2H3/t14-/m0/s1. The number of pyridine rings is 1. The highest BCUT2D eigenvalue weighted by Gasteiger charge is 2.32. The Morgan fingerprint density at radius 1 is 1.32 bits per heavy atom. The Morgan fingerprint density at radius 2 is 2.14 bits per heavy atom. The fourth-order valence-electron chi connectivity index (χ4n) is 2.86. The minimum Gasteiger partial charge on any atom is -0.330 e. The van der Waals surface area contributed by atoms with E-state index in [-0.39, 0.29) is 23.1 Å². The first-order valence-electron chi connectivity index (χ1n) is 7.33. The van der Waals surface area contributed by atoms with Crippen molar-refractivity contribution in [2.45, 2.75) is 25.8 Å². The molecule has 6 nitrogen and oxygen atoms in total. The lowest BCUT2D eigenvalue weighted by molar-refractivity contribution is 0.0730. The lowest BCUT2D eigenvalue weighted by atomic mass is 10.1. The maximum atomic E-state index is 12.8. The predicted octanol–water partition coefficient (Wildman–Crippen LogP) is 1.46. The molecule has 3 heterocycles. The van der Waals surface area contributed by atoms with Crippen LogP contribution in [0.5, 0.6) is 0 Å². The number of hydrogen-bond donors (Lipinski definition) is 0. The van der Waals surface area contributed by atoms with Gasteiger partial charge in [0.2, 0.25) is 0 Å². The highest BCUT2D eigenvalue weighted by atomic mass is 16.2. The van der Waals surface area contributed by atoms with Gasteiger partial charge in [-0.2, -0.15) is 0 Å². The van der Waals surface area contributed by atoms with Gasteiger partial charge in [0.25, 0.3) is 11.5 Å². The molecule has 6 heteroatoms. The zero-order valence-electron chi connectivity index (χ0n) is 12.7. The van der Waals surface area contributed by atoms with Crippen molar-refractivity contribution in [3.63, 3.8) is 0 Å². The van der Waals surface area contributed by atoms with E-state index < -0.39 is 0 Å². The van der Waals surface area contributed by atoms with Crippen LogP contribution in [0.3, 0.4) is 0 Å². The molecule has 0 radical (unpaired) electrons. The normalized spacial score (nSPS) is 17.7. The summed E-state index contributed by atoms with van der Waals surface area (Å²) in [5.41, 5.74) is 1.62. The molecule has 1 aliphatic rings. The van der Waals surface area contributed by atoms with Crippen LogP contribution in [0.25, 0.3) is 0 Å². The molecule has 22 heavy (non-hydrogen) atoms. The number of aryl methyl sites for hydroxylation is 1. The van der Waals surface area contributed by atoms with E-state index in [2.05, 4.69) is 9.97 Å². The molecule has 0 spiro atoms. The van der Waals surface area contributed by atoms with Crippen molar-refractivity contribution in [3.05, 3.63) is 58.0 Å². The second-order valence-electron chi connectivity index (χ2n) is 5.54. The molecule has 0 bridgehead atoms. The Morgan fingerprint density at radius 3 is 2.86 bits per heavy atom. The number of likely N-dealkylation sites (tertiary alicyclic amines) is 1. The molecule has 0 unspecified atom stereocenters. The van der Waals surface area contributed by atoms with Crippen LogP contribution in [0.15, 0.2) is 35.5 Å². The van der Waals surface area contributed by atoms with Gasteiger partial charge >= 0.3 is 0 Å². The van der Waals surface area contributed by atoms with E-state index in [9.17, 15) is 9.59 Å². The van der Waals surface area contributed by atoms with Crippen LogP contribution >= 0.6 is 0 Å². The summed E-state index contributed by atoms with van der Waals surface area (Å²) >= 11 is 0. The van der Waals surface area contributed by atoms with Crippen LogP contribution in [-0.4, -0.2) is 31.9 Å². The summed E-state index contributed by atoms with van der Waals surface area (Å²) in [6.07, 6.45) is 4.93. The Labute approximate surface area is 128 Å². The zero-order chi connectivity index (χ0) is 15.7. The largest absolute Gasteiger partial charge is 0.330 e. The van der Waals surface area contributed by atoms with Crippen LogP contribution in [0.4, 0.5) is 0 Å². The van der Waals surface area contributed by atoms with Crippen LogP contribution in [0.1, 0.15) is 40.6 Å². The number of rotatable bonds is 2. The van der Waals surface area contributed by atoms with E-state index in [4.69, 9.17) is 0 Å². The van der Waals surface area contributed by atoms with Crippen molar-refractivity contribution in [3.8, 4) is 0 Å². The van der Waals surface area contributed by atoms with Gasteiger partial charge in [0, 0.05) is 25.5 Å². The summed E-state index contributed by atoms with van der Waals surface area (Å²) in [6, 6.07) is 5.16. The molecular weight excluding hydrogens is 280 g/mol. The molecule has 2 aromatic rings. The summed E-state index contributed by atoms with van der Waals surface area (Å²) in [5.74, 6) is -0.221. The summed E-state index contributed by atoms with van der Waals surface area (Å²) in [7, 11) is 1.68.